The lowest BCUT2D eigenvalue weighted by Gasteiger charge is -2.17. The number of para-hydroxylation sites is 1. The molecule has 0 saturated heterocycles. The number of carboxylic acids is 1. The van der Waals surface area contributed by atoms with Gasteiger partial charge in [-0.1, -0.05) is 12.1 Å². The highest BCUT2D eigenvalue weighted by Crippen LogP contribution is 2.16. The van der Waals surface area contributed by atoms with Gasteiger partial charge in [-0.3, -0.25) is 4.79 Å². The number of aliphatic hydroxyl groups is 1. The average molecular weight is 278 g/mol. The number of carboxylic acid groups (broad SMARTS) is 1. The molecule has 0 bridgehead atoms. The maximum atomic E-state index is 11.5. The summed E-state index contributed by atoms with van der Waals surface area (Å²) in [5.74, 6) is -1.81. The third kappa shape index (κ3) is 4.26. The number of nitrogens with one attached hydrogen (secondary N) is 1. The zero-order valence-corrected chi connectivity index (χ0v) is 10.7. The van der Waals surface area contributed by atoms with Crippen LogP contribution in [0.25, 0.3) is 0 Å². The molecule has 7 nitrogen and oxygen atoms in total. The van der Waals surface area contributed by atoms with E-state index in [9.17, 15) is 14.7 Å². The summed E-state index contributed by atoms with van der Waals surface area (Å²) in [6.45, 7) is 0.806. The molecule has 1 aromatic rings. The van der Waals surface area contributed by atoms with Crippen molar-refractivity contribution >= 4 is 11.9 Å². The molecular weight excluding hydrogens is 264 g/mol. The molecule has 1 aromatic carbocycles. The van der Waals surface area contributed by atoms with E-state index in [0.29, 0.717) is 0 Å². The monoisotopic (exact) mass is 278 g/mol. The third-order valence-corrected chi connectivity index (χ3v) is 2.43. The number of nitrogens with zero attached hydrogens (tertiary/aromatic N) is 1. The zero-order chi connectivity index (χ0) is 15.1. The van der Waals surface area contributed by atoms with E-state index in [1.807, 2.05) is 6.07 Å². The molecule has 3 N–H and O–H groups in total. The van der Waals surface area contributed by atoms with Gasteiger partial charge in [-0.2, -0.15) is 5.26 Å². The van der Waals surface area contributed by atoms with Crippen LogP contribution in [0.15, 0.2) is 24.3 Å². The number of benzene rings is 1. The van der Waals surface area contributed by atoms with Crippen LogP contribution in [0.4, 0.5) is 0 Å². The van der Waals surface area contributed by atoms with E-state index in [0.717, 1.165) is 0 Å². The smallest absolute Gasteiger partial charge is 0.328 e. The number of aliphatic hydroxyl groups excluding tert-OH is 1. The molecule has 0 aliphatic heterocycles. The van der Waals surface area contributed by atoms with Crippen LogP contribution in [0.2, 0.25) is 0 Å². The molecule has 0 aliphatic carbocycles. The third-order valence-electron chi connectivity index (χ3n) is 2.43. The van der Waals surface area contributed by atoms with Crippen molar-refractivity contribution in [3.63, 3.8) is 0 Å². The standard InChI is InChI=1S/C13H14N2O5/c1-8(16)12(13(18)19)15-11(17)7-20-10-5-3-2-4-9(10)6-14/h2-5,8,12,16H,7H2,1H3,(H,15,17)(H,18,19)/t8-,12+/m1/s1. The number of ether oxygens (including phenoxy) is 1. The highest BCUT2D eigenvalue weighted by atomic mass is 16.5. The number of hydrogen-bond donors (Lipinski definition) is 3. The fourth-order valence-corrected chi connectivity index (χ4v) is 1.43. The minimum atomic E-state index is -1.41. The quantitative estimate of drug-likeness (QED) is 0.667. The SMILES string of the molecule is C[C@@H](O)[C@H](NC(=O)COc1ccccc1C#N)C(=O)O. The van der Waals surface area contributed by atoms with Gasteiger partial charge in [0.2, 0.25) is 0 Å². The van der Waals surface area contributed by atoms with Crippen LogP contribution < -0.4 is 10.1 Å². The van der Waals surface area contributed by atoms with Crippen molar-refractivity contribution in [2.75, 3.05) is 6.61 Å². The summed E-state index contributed by atoms with van der Waals surface area (Å²) in [4.78, 5) is 22.3. The van der Waals surface area contributed by atoms with Gasteiger partial charge in [-0.15, -0.1) is 0 Å². The molecule has 0 spiro atoms. The number of hydrogen-bond acceptors (Lipinski definition) is 5. The minimum absolute atomic E-state index is 0.231. The molecule has 2 atom stereocenters. The van der Waals surface area contributed by atoms with Crippen molar-refractivity contribution in [3.05, 3.63) is 29.8 Å². The summed E-state index contributed by atoms with van der Waals surface area (Å²) in [5.41, 5.74) is 0.269. The van der Waals surface area contributed by atoms with Gasteiger partial charge in [0, 0.05) is 0 Å². The number of carbonyl (C=O) groups is 2. The van der Waals surface area contributed by atoms with Gasteiger partial charge in [-0.25, -0.2) is 4.79 Å². The second kappa shape index (κ2) is 7.11. The van der Waals surface area contributed by atoms with Gasteiger partial charge in [0.1, 0.15) is 11.8 Å². The van der Waals surface area contributed by atoms with Crippen molar-refractivity contribution in [2.45, 2.75) is 19.1 Å². The number of rotatable bonds is 6. The van der Waals surface area contributed by atoms with Crippen LogP contribution in [0.3, 0.4) is 0 Å². The Kier molecular flexibility index (Phi) is 5.50. The van der Waals surface area contributed by atoms with Crippen molar-refractivity contribution in [1.82, 2.24) is 5.32 Å². The highest BCUT2D eigenvalue weighted by Gasteiger charge is 2.25. The molecule has 1 amide bonds. The van der Waals surface area contributed by atoms with E-state index in [1.165, 1.54) is 19.1 Å². The topological polar surface area (TPSA) is 120 Å². The van der Waals surface area contributed by atoms with Crippen LogP contribution in [-0.2, 0) is 9.59 Å². The van der Waals surface area contributed by atoms with Crippen molar-refractivity contribution in [2.24, 2.45) is 0 Å². The van der Waals surface area contributed by atoms with Crippen molar-refractivity contribution < 1.29 is 24.5 Å². The van der Waals surface area contributed by atoms with Crippen LogP contribution in [-0.4, -0.2) is 40.8 Å². The van der Waals surface area contributed by atoms with Gasteiger partial charge in [0.05, 0.1) is 11.7 Å². The van der Waals surface area contributed by atoms with E-state index in [4.69, 9.17) is 15.1 Å². The average Bonchev–Trinajstić information content (AvgIpc) is 2.42. The molecule has 1 rings (SSSR count). The Morgan fingerprint density at radius 2 is 2.10 bits per heavy atom. The molecule has 0 aliphatic rings. The van der Waals surface area contributed by atoms with E-state index < -0.39 is 30.6 Å². The number of nitriles is 1. The van der Waals surface area contributed by atoms with Crippen molar-refractivity contribution in [3.8, 4) is 11.8 Å². The van der Waals surface area contributed by atoms with Gasteiger partial charge >= 0.3 is 5.97 Å². The summed E-state index contributed by atoms with van der Waals surface area (Å²) < 4.78 is 5.14. The van der Waals surface area contributed by atoms with Gasteiger partial charge < -0.3 is 20.3 Å². The Balaban J connectivity index is 2.60. The van der Waals surface area contributed by atoms with Crippen LogP contribution in [0.5, 0.6) is 5.75 Å². The fourth-order valence-electron chi connectivity index (χ4n) is 1.43. The second-order valence-electron chi connectivity index (χ2n) is 4.02. The lowest BCUT2D eigenvalue weighted by atomic mass is 10.2. The molecule has 0 unspecified atom stereocenters. The van der Waals surface area contributed by atoms with E-state index >= 15 is 0 Å². The number of amides is 1. The predicted molar refractivity (Wildman–Crippen MR) is 67.9 cm³/mol. The van der Waals surface area contributed by atoms with E-state index in [-0.39, 0.29) is 11.3 Å². The Morgan fingerprint density at radius 3 is 2.65 bits per heavy atom. The molecule has 0 radical (unpaired) electrons. The van der Waals surface area contributed by atoms with Crippen LogP contribution in [0.1, 0.15) is 12.5 Å². The van der Waals surface area contributed by atoms with Gasteiger partial charge in [0.15, 0.2) is 12.6 Å². The summed E-state index contributed by atoms with van der Waals surface area (Å²) in [6, 6.07) is 6.85. The lowest BCUT2D eigenvalue weighted by Crippen LogP contribution is -2.49. The van der Waals surface area contributed by atoms with Crippen molar-refractivity contribution in [1.29, 1.82) is 5.26 Å². The molecule has 0 fully saturated rings. The predicted octanol–water partition coefficient (Wildman–Crippen LogP) is -0.113. The van der Waals surface area contributed by atoms with E-state index in [1.54, 1.807) is 12.1 Å². The molecule has 7 heteroatoms. The first-order chi connectivity index (χ1) is 9.45. The summed E-state index contributed by atoms with van der Waals surface area (Å²) in [5, 5.41) is 29.0. The van der Waals surface area contributed by atoms with Gasteiger partial charge in [0.25, 0.3) is 5.91 Å². The maximum absolute atomic E-state index is 11.5. The normalized spacial score (nSPS) is 12.8. The maximum Gasteiger partial charge on any atom is 0.328 e. The number of carbonyl (C=O) groups excluding carboxylic acids is 1. The molecule has 106 valence electrons. The summed E-state index contributed by atoms with van der Waals surface area (Å²) >= 11 is 0. The van der Waals surface area contributed by atoms with Crippen LogP contribution in [0, 0.1) is 11.3 Å². The van der Waals surface area contributed by atoms with Gasteiger partial charge in [-0.05, 0) is 19.1 Å². The highest BCUT2D eigenvalue weighted by molar-refractivity contribution is 5.84. The van der Waals surface area contributed by atoms with E-state index in [2.05, 4.69) is 5.32 Å². The molecule has 20 heavy (non-hydrogen) atoms. The second-order valence-corrected chi connectivity index (χ2v) is 4.02. The first-order valence-electron chi connectivity index (χ1n) is 5.78. The molecular formula is C13H14N2O5. The minimum Gasteiger partial charge on any atom is -0.482 e. The Morgan fingerprint density at radius 1 is 1.45 bits per heavy atom. The Bertz CT molecular complexity index is 536. The zero-order valence-electron chi connectivity index (χ0n) is 10.7. The first-order valence-corrected chi connectivity index (χ1v) is 5.78. The summed E-state index contributed by atoms with van der Waals surface area (Å²) in [7, 11) is 0. The Hall–Kier alpha value is -2.59. The molecule has 0 aromatic heterocycles. The molecule has 0 saturated carbocycles. The fraction of sp³-hybridized carbons (Fsp3) is 0.308. The number of aliphatic carboxylic acids is 1. The van der Waals surface area contributed by atoms with Crippen LogP contribution >= 0.6 is 0 Å². The largest absolute Gasteiger partial charge is 0.482 e. The Labute approximate surface area is 115 Å². The first kappa shape index (κ1) is 15.5. The summed E-state index contributed by atoms with van der Waals surface area (Å²) in [6.07, 6.45) is -1.23. The lowest BCUT2D eigenvalue weighted by molar-refractivity contribution is -0.145. The molecule has 0 heterocycles.